The molecule has 0 aliphatic rings. The van der Waals surface area contributed by atoms with E-state index in [9.17, 15) is 14.4 Å². The van der Waals surface area contributed by atoms with E-state index in [1.165, 1.54) is 0 Å². The predicted octanol–water partition coefficient (Wildman–Crippen LogP) is 2.60. The van der Waals surface area contributed by atoms with Crippen LogP contribution >= 0.6 is 11.6 Å². The van der Waals surface area contributed by atoms with Gasteiger partial charge in [0.15, 0.2) is 6.61 Å². The smallest absolute Gasteiger partial charge is 0.306 e. The summed E-state index contributed by atoms with van der Waals surface area (Å²) in [5.41, 5.74) is 0.900. The summed E-state index contributed by atoms with van der Waals surface area (Å²) in [6, 6.07) is 9.82. The van der Waals surface area contributed by atoms with Crippen LogP contribution in [0.3, 0.4) is 0 Å². The molecule has 1 amide bonds. The summed E-state index contributed by atoms with van der Waals surface area (Å²) < 4.78 is 4.90. The first-order valence-corrected chi connectivity index (χ1v) is 7.80. The van der Waals surface area contributed by atoms with Gasteiger partial charge < -0.3 is 15.0 Å². The number of nitrogens with one attached hydrogen (secondary N) is 2. The Morgan fingerprint density at radius 2 is 1.88 bits per heavy atom. The fourth-order valence-electron chi connectivity index (χ4n) is 1.94. The molecule has 2 rings (SSSR count). The van der Waals surface area contributed by atoms with Gasteiger partial charge in [0, 0.05) is 29.7 Å². The molecule has 126 valence electrons. The van der Waals surface area contributed by atoms with Gasteiger partial charge in [0.25, 0.3) is 5.91 Å². The number of ketones is 1. The first kappa shape index (κ1) is 17.7. The molecule has 0 saturated carbocycles. The largest absolute Gasteiger partial charge is 0.457 e. The first-order chi connectivity index (χ1) is 11.6. The van der Waals surface area contributed by atoms with Crippen LogP contribution in [0.1, 0.15) is 33.7 Å². The van der Waals surface area contributed by atoms with Crippen LogP contribution < -0.4 is 5.32 Å². The standard InChI is InChI=1S/C17H17ClN2O4/c18-13-7-5-12(6-8-13)17(23)20-10-2-4-16(22)24-11-15(21)14-3-1-9-19-14/h1,3,5-9,19H,2,4,10-11H2,(H,20,23). The summed E-state index contributed by atoms with van der Waals surface area (Å²) in [6.07, 6.45) is 2.17. The molecule has 2 N–H and O–H groups in total. The molecular formula is C17H17ClN2O4. The van der Waals surface area contributed by atoms with Crippen LogP contribution in [0.25, 0.3) is 0 Å². The minimum atomic E-state index is -0.476. The molecule has 1 heterocycles. The second kappa shape index (κ2) is 8.88. The van der Waals surface area contributed by atoms with Gasteiger partial charge in [-0.15, -0.1) is 0 Å². The van der Waals surface area contributed by atoms with E-state index in [1.807, 2.05) is 0 Å². The fraction of sp³-hybridized carbons (Fsp3) is 0.235. The molecule has 24 heavy (non-hydrogen) atoms. The van der Waals surface area contributed by atoms with Crippen molar-refractivity contribution >= 4 is 29.3 Å². The van der Waals surface area contributed by atoms with Gasteiger partial charge in [0.2, 0.25) is 5.78 Å². The third kappa shape index (κ3) is 5.55. The molecule has 0 fully saturated rings. The van der Waals surface area contributed by atoms with Crippen molar-refractivity contribution < 1.29 is 19.1 Å². The molecular weight excluding hydrogens is 332 g/mol. The van der Waals surface area contributed by atoms with Gasteiger partial charge in [0.1, 0.15) is 0 Å². The Labute approximate surface area is 144 Å². The molecule has 0 unspecified atom stereocenters. The molecule has 2 aromatic rings. The van der Waals surface area contributed by atoms with Crippen molar-refractivity contribution in [1.82, 2.24) is 10.3 Å². The molecule has 0 atom stereocenters. The van der Waals surface area contributed by atoms with E-state index in [2.05, 4.69) is 10.3 Å². The lowest BCUT2D eigenvalue weighted by atomic mass is 10.2. The highest BCUT2D eigenvalue weighted by molar-refractivity contribution is 6.30. The summed E-state index contributed by atoms with van der Waals surface area (Å²) in [5.74, 6) is -0.998. The van der Waals surface area contributed by atoms with Crippen molar-refractivity contribution in [3.05, 3.63) is 58.9 Å². The van der Waals surface area contributed by atoms with E-state index < -0.39 is 5.97 Å². The predicted molar refractivity (Wildman–Crippen MR) is 89.1 cm³/mol. The number of H-pyrrole nitrogens is 1. The third-order valence-corrected chi connectivity index (χ3v) is 3.46. The van der Waals surface area contributed by atoms with E-state index in [4.69, 9.17) is 16.3 Å². The van der Waals surface area contributed by atoms with Gasteiger partial charge in [-0.3, -0.25) is 14.4 Å². The molecule has 6 nitrogen and oxygen atoms in total. The van der Waals surface area contributed by atoms with Crippen LogP contribution in [0, 0.1) is 0 Å². The maximum atomic E-state index is 11.8. The van der Waals surface area contributed by atoms with Crippen LogP contribution in [0.5, 0.6) is 0 Å². The maximum absolute atomic E-state index is 11.8. The Hall–Kier alpha value is -2.60. The normalized spacial score (nSPS) is 10.2. The van der Waals surface area contributed by atoms with Gasteiger partial charge in [-0.05, 0) is 42.8 Å². The van der Waals surface area contributed by atoms with Crippen LogP contribution in [0.2, 0.25) is 5.02 Å². The molecule has 1 aromatic heterocycles. The number of Topliss-reactive ketones (excluding diaryl/α,β-unsaturated/α-hetero) is 1. The van der Waals surface area contributed by atoms with Gasteiger partial charge in [0.05, 0.1) is 5.69 Å². The van der Waals surface area contributed by atoms with Gasteiger partial charge >= 0.3 is 5.97 Å². The summed E-state index contributed by atoms with van der Waals surface area (Å²) in [5, 5.41) is 3.26. The molecule has 0 saturated heterocycles. The highest BCUT2D eigenvalue weighted by Crippen LogP contribution is 2.09. The van der Waals surface area contributed by atoms with Crippen molar-refractivity contribution in [2.45, 2.75) is 12.8 Å². The number of aromatic amines is 1. The van der Waals surface area contributed by atoms with Crippen molar-refractivity contribution in [3.8, 4) is 0 Å². The van der Waals surface area contributed by atoms with E-state index >= 15 is 0 Å². The van der Waals surface area contributed by atoms with Crippen LogP contribution in [0.15, 0.2) is 42.6 Å². The number of benzene rings is 1. The van der Waals surface area contributed by atoms with Crippen molar-refractivity contribution in [1.29, 1.82) is 0 Å². The zero-order valence-electron chi connectivity index (χ0n) is 12.9. The lowest BCUT2D eigenvalue weighted by Crippen LogP contribution is -2.25. The van der Waals surface area contributed by atoms with Gasteiger partial charge in [-0.1, -0.05) is 11.6 Å². The van der Waals surface area contributed by atoms with Gasteiger partial charge in [-0.2, -0.15) is 0 Å². The van der Waals surface area contributed by atoms with Crippen LogP contribution in [0.4, 0.5) is 0 Å². The van der Waals surface area contributed by atoms with Crippen molar-refractivity contribution in [2.75, 3.05) is 13.2 Å². The highest BCUT2D eigenvalue weighted by atomic mass is 35.5. The second-order valence-corrected chi connectivity index (χ2v) is 5.47. The van der Waals surface area contributed by atoms with Crippen LogP contribution in [-0.2, 0) is 9.53 Å². The Bertz CT molecular complexity index is 696. The SMILES string of the molecule is O=C(CCCNC(=O)c1ccc(Cl)cc1)OCC(=O)c1ccc[nH]1. The number of hydrogen-bond acceptors (Lipinski definition) is 4. The average Bonchev–Trinajstić information content (AvgIpc) is 3.11. The average molecular weight is 349 g/mol. The Morgan fingerprint density at radius 3 is 2.54 bits per heavy atom. The second-order valence-electron chi connectivity index (χ2n) is 5.03. The maximum Gasteiger partial charge on any atom is 0.306 e. The zero-order chi connectivity index (χ0) is 17.4. The lowest BCUT2D eigenvalue weighted by molar-refractivity contribution is -0.142. The monoisotopic (exact) mass is 348 g/mol. The summed E-state index contributed by atoms with van der Waals surface area (Å²) in [7, 11) is 0. The lowest BCUT2D eigenvalue weighted by Gasteiger charge is -2.06. The van der Waals surface area contributed by atoms with Gasteiger partial charge in [-0.25, -0.2) is 0 Å². The number of carbonyl (C=O) groups excluding carboxylic acids is 3. The number of hydrogen-bond donors (Lipinski definition) is 2. The number of amides is 1. The molecule has 0 aliphatic heterocycles. The number of carbonyl (C=O) groups is 3. The zero-order valence-corrected chi connectivity index (χ0v) is 13.6. The van der Waals surface area contributed by atoms with Crippen molar-refractivity contribution in [3.63, 3.8) is 0 Å². The summed E-state index contributed by atoms with van der Waals surface area (Å²) in [4.78, 5) is 37.8. The number of rotatable bonds is 8. The topological polar surface area (TPSA) is 88.3 Å². The minimum absolute atomic E-state index is 0.124. The van der Waals surface area contributed by atoms with E-state index in [-0.39, 0.29) is 24.7 Å². The van der Waals surface area contributed by atoms with E-state index in [1.54, 1.807) is 42.6 Å². The van der Waals surface area contributed by atoms with E-state index in [0.717, 1.165) is 0 Å². The third-order valence-electron chi connectivity index (χ3n) is 3.21. The summed E-state index contributed by atoms with van der Waals surface area (Å²) in [6.45, 7) is 0.0393. The van der Waals surface area contributed by atoms with E-state index in [0.29, 0.717) is 29.2 Å². The number of halogens is 1. The molecule has 0 aliphatic carbocycles. The summed E-state index contributed by atoms with van der Waals surface area (Å²) >= 11 is 5.75. The van der Waals surface area contributed by atoms with Crippen LogP contribution in [-0.4, -0.2) is 35.8 Å². The molecule has 0 radical (unpaired) electrons. The Balaban J connectivity index is 1.61. The number of esters is 1. The highest BCUT2D eigenvalue weighted by Gasteiger charge is 2.10. The van der Waals surface area contributed by atoms with Crippen molar-refractivity contribution in [2.24, 2.45) is 0 Å². The first-order valence-electron chi connectivity index (χ1n) is 7.42. The molecule has 7 heteroatoms. The molecule has 0 bridgehead atoms. The molecule has 0 spiro atoms. The Morgan fingerprint density at radius 1 is 1.12 bits per heavy atom. The fourth-order valence-corrected chi connectivity index (χ4v) is 2.06. The minimum Gasteiger partial charge on any atom is -0.457 e. The quantitative estimate of drug-likeness (QED) is 0.436. The Kier molecular flexibility index (Phi) is 6.57. The number of ether oxygens (including phenoxy) is 1. The molecule has 1 aromatic carbocycles. The number of aromatic nitrogens is 1.